The monoisotopic (exact) mass is 346 g/mol. The fourth-order valence-corrected chi connectivity index (χ4v) is 3.66. The van der Waals surface area contributed by atoms with Gasteiger partial charge in [-0.3, -0.25) is 9.69 Å². The lowest BCUT2D eigenvalue weighted by Crippen LogP contribution is -2.42. The van der Waals surface area contributed by atoms with Crippen LogP contribution in [0.25, 0.3) is 0 Å². The zero-order chi connectivity index (χ0) is 15.8. The fraction of sp³-hybridized carbons (Fsp3) is 0.941. The molecule has 0 bridgehead atoms. The number of hydrogen-bond donors (Lipinski definition) is 1. The van der Waals surface area contributed by atoms with Gasteiger partial charge in [-0.2, -0.15) is 0 Å². The molecule has 5 nitrogen and oxygen atoms in total. The van der Waals surface area contributed by atoms with Crippen LogP contribution in [-0.2, 0) is 4.79 Å². The lowest BCUT2D eigenvalue weighted by atomic mass is 9.97. The summed E-state index contributed by atoms with van der Waals surface area (Å²) in [6.45, 7) is 14.4. The van der Waals surface area contributed by atoms with E-state index in [2.05, 4.69) is 29.0 Å². The zero-order valence-corrected chi connectivity index (χ0v) is 15.7. The van der Waals surface area contributed by atoms with Crippen molar-refractivity contribution >= 4 is 18.3 Å². The summed E-state index contributed by atoms with van der Waals surface area (Å²) in [6, 6.07) is 0. The van der Waals surface area contributed by atoms with E-state index in [4.69, 9.17) is 0 Å². The van der Waals surface area contributed by atoms with Gasteiger partial charge in [-0.05, 0) is 65.2 Å². The van der Waals surface area contributed by atoms with E-state index in [0.717, 1.165) is 38.6 Å². The number of likely N-dealkylation sites (N-methyl/N-ethyl adjacent to an activating group) is 1. The summed E-state index contributed by atoms with van der Waals surface area (Å²) in [5, 5.41) is 3.45. The van der Waals surface area contributed by atoms with E-state index in [-0.39, 0.29) is 18.3 Å². The van der Waals surface area contributed by atoms with E-state index in [1.54, 1.807) is 0 Å². The number of nitrogens with zero attached hydrogens (tertiary/aromatic N) is 3. The number of hydrogen-bond acceptors (Lipinski definition) is 4. The average Bonchev–Trinajstić information content (AvgIpc) is 2.75. The first-order chi connectivity index (χ1) is 10.7. The predicted molar refractivity (Wildman–Crippen MR) is 98.3 cm³/mol. The zero-order valence-electron chi connectivity index (χ0n) is 14.9. The number of rotatable bonds is 6. The third-order valence-corrected chi connectivity index (χ3v) is 5.13. The van der Waals surface area contributed by atoms with Crippen molar-refractivity contribution in [3.8, 4) is 0 Å². The summed E-state index contributed by atoms with van der Waals surface area (Å²) >= 11 is 0. The Morgan fingerprint density at radius 1 is 1.04 bits per heavy atom. The van der Waals surface area contributed by atoms with Crippen molar-refractivity contribution in [3.05, 3.63) is 0 Å². The average molecular weight is 347 g/mol. The number of halogens is 1. The molecule has 0 aromatic carbocycles. The molecule has 2 heterocycles. The number of piperidine rings is 1. The summed E-state index contributed by atoms with van der Waals surface area (Å²) in [5.41, 5.74) is 0. The van der Waals surface area contributed by atoms with Crippen LogP contribution >= 0.6 is 12.4 Å². The molecule has 2 rings (SSSR count). The van der Waals surface area contributed by atoms with Gasteiger partial charge in [-0.1, -0.05) is 0 Å². The van der Waals surface area contributed by atoms with Gasteiger partial charge in [0.25, 0.3) is 0 Å². The molecule has 23 heavy (non-hydrogen) atoms. The highest BCUT2D eigenvalue weighted by molar-refractivity contribution is 5.85. The molecule has 0 aromatic heterocycles. The molecule has 2 aliphatic heterocycles. The summed E-state index contributed by atoms with van der Waals surface area (Å²) < 4.78 is 0. The molecule has 0 unspecified atom stereocenters. The third-order valence-electron chi connectivity index (χ3n) is 5.13. The van der Waals surface area contributed by atoms with Crippen molar-refractivity contribution < 1.29 is 4.79 Å². The quantitative estimate of drug-likeness (QED) is 0.786. The van der Waals surface area contributed by atoms with Gasteiger partial charge < -0.3 is 15.1 Å². The van der Waals surface area contributed by atoms with Crippen LogP contribution in [0.3, 0.4) is 0 Å². The van der Waals surface area contributed by atoms with E-state index < -0.39 is 0 Å². The van der Waals surface area contributed by atoms with Crippen LogP contribution in [0.4, 0.5) is 0 Å². The van der Waals surface area contributed by atoms with E-state index in [9.17, 15) is 4.79 Å². The van der Waals surface area contributed by atoms with Crippen LogP contribution in [0, 0.1) is 5.92 Å². The standard InChI is InChI=1S/C17H34N4O.ClH/c1-3-21(4-2)17(22)15-20-11-5-10-19(12-13-20)14-16-6-8-18-9-7-16;/h16,18H,3-15H2,1-2H3;1H. The molecular formula is C17H35ClN4O. The predicted octanol–water partition coefficient (Wildman–Crippen LogP) is 1.28. The molecule has 1 N–H and O–H groups in total. The number of carbonyl (C=O) groups excluding carboxylic acids is 1. The Bertz CT molecular complexity index is 333. The normalized spacial score (nSPS) is 21.5. The molecule has 0 aromatic rings. The van der Waals surface area contributed by atoms with Crippen molar-refractivity contribution in [3.63, 3.8) is 0 Å². The van der Waals surface area contributed by atoms with Crippen LogP contribution in [0.5, 0.6) is 0 Å². The van der Waals surface area contributed by atoms with Gasteiger partial charge >= 0.3 is 0 Å². The van der Waals surface area contributed by atoms with Crippen LogP contribution in [0.15, 0.2) is 0 Å². The number of amides is 1. The van der Waals surface area contributed by atoms with Crippen LogP contribution in [0.1, 0.15) is 33.1 Å². The Morgan fingerprint density at radius 3 is 2.30 bits per heavy atom. The summed E-state index contributed by atoms with van der Waals surface area (Å²) in [7, 11) is 0. The first-order valence-electron chi connectivity index (χ1n) is 9.16. The van der Waals surface area contributed by atoms with Crippen LogP contribution in [-0.4, -0.2) is 86.1 Å². The van der Waals surface area contributed by atoms with Crippen LogP contribution in [0.2, 0.25) is 0 Å². The Kier molecular flexibility index (Phi) is 10.1. The fourth-order valence-electron chi connectivity index (χ4n) is 3.66. The molecule has 2 aliphatic rings. The maximum atomic E-state index is 12.2. The third kappa shape index (κ3) is 6.96. The van der Waals surface area contributed by atoms with Crippen LogP contribution < -0.4 is 5.32 Å². The molecule has 0 aliphatic carbocycles. The van der Waals surface area contributed by atoms with Gasteiger partial charge in [0.1, 0.15) is 0 Å². The Morgan fingerprint density at radius 2 is 1.65 bits per heavy atom. The highest BCUT2D eigenvalue weighted by Gasteiger charge is 2.21. The molecule has 2 saturated heterocycles. The molecule has 0 saturated carbocycles. The largest absolute Gasteiger partial charge is 0.342 e. The topological polar surface area (TPSA) is 38.8 Å². The summed E-state index contributed by atoms with van der Waals surface area (Å²) in [6.07, 6.45) is 3.83. The maximum Gasteiger partial charge on any atom is 0.236 e. The minimum atomic E-state index is 0. The first kappa shape index (κ1) is 20.7. The Balaban J connectivity index is 0.00000264. The van der Waals surface area contributed by atoms with Crippen molar-refractivity contribution in [1.82, 2.24) is 20.0 Å². The molecule has 6 heteroatoms. The summed E-state index contributed by atoms with van der Waals surface area (Å²) in [5.74, 6) is 1.15. The highest BCUT2D eigenvalue weighted by Crippen LogP contribution is 2.15. The van der Waals surface area contributed by atoms with Gasteiger partial charge in [-0.15, -0.1) is 12.4 Å². The van der Waals surface area contributed by atoms with Gasteiger partial charge in [0.2, 0.25) is 5.91 Å². The lowest BCUT2D eigenvalue weighted by molar-refractivity contribution is -0.132. The number of carbonyl (C=O) groups is 1. The number of nitrogens with one attached hydrogen (secondary N) is 1. The van der Waals surface area contributed by atoms with E-state index in [0.29, 0.717) is 6.54 Å². The molecule has 2 fully saturated rings. The van der Waals surface area contributed by atoms with Crippen molar-refractivity contribution in [2.45, 2.75) is 33.1 Å². The second-order valence-corrected chi connectivity index (χ2v) is 6.69. The Labute approximate surface area is 148 Å². The second-order valence-electron chi connectivity index (χ2n) is 6.69. The molecule has 136 valence electrons. The second kappa shape index (κ2) is 11.2. The van der Waals surface area contributed by atoms with E-state index in [1.807, 2.05) is 4.90 Å². The smallest absolute Gasteiger partial charge is 0.236 e. The Hall–Kier alpha value is -0.360. The molecule has 0 atom stereocenters. The molecule has 1 amide bonds. The molecule has 0 spiro atoms. The molecular weight excluding hydrogens is 312 g/mol. The van der Waals surface area contributed by atoms with Crippen molar-refractivity contribution in [2.24, 2.45) is 5.92 Å². The molecule has 0 radical (unpaired) electrons. The van der Waals surface area contributed by atoms with E-state index >= 15 is 0 Å². The van der Waals surface area contributed by atoms with Gasteiger partial charge in [0.15, 0.2) is 0 Å². The van der Waals surface area contributed by atoms with Gasteiger partial charge in [0, 0.05) is 32.7 Å². The van der Waals surface area contributed by atoms with Crippen molar-refractivity contribution in [2.75, 3.05) is 65.4 Å². The highest BCUT2D eigenvalue weighted by atomic mass is 35.5. The maximum absolute atomic E-state index is 12.2. The van der Waals surface area contributed by atoms with Gasteiger partial charge in [0.05, 0.1) is 6.54 Å². The minimum absolute atomic E-state index is 0. The van der Waals surface area contributed by atoms with Gasteiger partial charge in [-0.25, -0.2) is 0 Å². The van der Waals surface area contributed by atoms with E-state index in [1.165, 1.54) is 45.4 Å². The lowest BCUT2D eigenvalue weighted by Gasteiger charge is -2.29. The summed E-state index contributed by atoms with van der Waals surface area (Å²) in [4.78, 5) is 19.2. The SMILES string of the molecule is CCN(CC)C(=O)CN1CCCN(CC2CCNCC2)CC1.Cl. The first-order valence-corrected chi connectivity index (χ1v) is 9.16. The van der Waals surface area contributed by atoms with Crippen molar-refractivity contribution in [1.29, 1.82) is 0 Å². The minimum Gasteiger partial charge on any atom is -0.342 e.